The van der Waals surface area contributed by atoms with Crippen molar-refractivity contribution in [3.8, 4) is 45.1 Å². The van der Waals surface area contributed by atoms with Crippen LogP contribution < -0.4 is 16.1 Å². The maximum Gasteiger partial charge on any atom is 0.488 e. The van der Waals surface area contributed by atoms with Crippen molar-refractivity contribution in [3.63, 3.8) is 0 Å². The zero-order valence-corrected chi connectivity index (χ0v) is 68.8. The minimum Gasteiger partial charge on any atom is -0.423 e. The summed E-state index contributed by atoms with van der Waals surface area (Å²) >= 11 is 21.8. The highest BCUT2D eigenvalue weighted by molar-refractivity contribution is 14.2. The number of alkyl halides is 3. The third-order valence-electron chi connectivity index (χ3n) is 15.9. The van der Waals surface area contributed by atoms with Gasteiger partial charge in [-0.05, 0) is 209 Å². The van der Waals surface area contributed by atoms with Crippen LogP contribution in [0.3, 0.4) is 0 Å². The summed E-state index contributed by atoms with van der Waals surface area (Å²) < 4.78 is 7.63. The summed E-state index contributed by atoms with van der Waals surface area (Å²) in [5.74, 6) is 0. The summed E-state index contributed by atoms with van der Waals surface area (Å²) in [6.07, 6.45) is 11.0. The standard InChI is InChI=1S/C40H28N4.C18H14N2.C11H8ClN.C6H6BClO2.C5H4BrN.C3H6I2.C3H7I.C3H8.CH4/c1-3-19-39-35(15-1)36-16-2-4-20-40(36)44(39)32-23-21-31(22-24-32)43(33-13-9-11-29(27-33)37-17-5-7-25-41-37)34-14-10-12-30(28-34)38-18-6-8-26-42-38;19-13-9-11-14(12-10-13)20-17-7-3-1-5-15(17)16-6-2-4-8-18(16)20;12-10-5-3-4-9(8-10)11-6-1-2-7-13-11;8-6-3-1-2-5(4-6)7(9)10;6-5-3-1-2-4-7-5;1-2-3(4)5;1-2-3-4;1-3-2;/h1-28H;1-12H,19H2;1-8H;1-4,9-10H;1-4H;3H,2H2,1H3;2-3H2,1H3;3H2,1-2H3;1H4. The van der Waals surface area contributed by atoms with E-state index in [1.807, 2.05) is 122 Å². The molecule has 0 amide bonds. The number of nitrogen functional groups attached to an aromatic ring is 1. The Balaban J connectivity index is 0.000000188. The SMILES string of the molecule is Brc1ccccn1.C.CCC.CCC(I)I.CCCI.Clc1cccc(-c2ccccn2)c1.Nc1ccc(-n2c3ccccc3c3ccccc32)cc1.OB(O)c1cccc(Cl)c1.c1ccc(-c2cccc(N(c3ccc(-n4c5ccccc5c5ccccc54)cc3)c3cccc(-c4ccccn4)c3)c2)nc1. The van der Waals surface area contributed by atoms with Crippen LogP contribution in [0.2, 0.25) is 10.0 Å². The lowest BCUT2D eigenvalue weighted by molar-refractivity contribution is 0.426. The zero-order chi connectivity index (χ0) is 75.0. The Morgan fingerprint density at radius 3 is 1.07 bits per heavy atom. The van der Waals surface area contributed by atoms with Crippen LogP contribution in [0.15, 0.2) is 345 Å². The van der Waals surface area contributed by atoms with Crippen molar-refractivity contribution >= 4 is 186 Å². The largest absolute Gasteiger partial charge is 0.488 e. The molecule has 0 radical (unpaired) electrons. The fourth-order valence-corrected chi connectivity index (χ4v) is 11.7. The summed E-state index contributed by atoms with van der Waals surface area (Å²) in [5, 5.41) is 23.6. The topological polar surface area (TPSA) is 131 Å². The molecule has 10 aromatic carbocycles. The second-order valence-corrected chi connectivity index (χ2v) is 31.9. The molecule has 6 aromatic heterocycles. The van der Waals surface area contributed by atoms with Gasteiger partial charge < -0.3 is 29.8 Å². The Bertz CT molecular complexity index is 5090. The van der Waals surface area contributed by atoms with Crippen molar-refractivity contribution in [3.05, 3.63) is 355 Å². The van der Waals surface area contributed by atoms with Crippen molar-refractivity contribution in [1.29, 1.82) is 0 Å². The third kappa shape index (κ3) is 24.4. The molecule has 10 nitrogen and oxygen atoms in total. The van der Waals surface area contributed by atoms with E-state index in [9.17, 15) is 0 Å². The van der Waals surface area contributed by atoms with Gasteiger partial charge in [-0.2, -0.15) is 0 Å². The maximum atomic E-state index is 8.65. The minimum atomic E-state index is -1.43. The average Bonchev–Trinajstić information content (AvgIpc) is 1.61. The molecule has 107 heavy (non-hydrogen) atoms. The Hall–Kier alpha value is -8.77. The van der Waals surface area contributed by atoms with Crippen LogP contribution in [0.25, 0.3) is 88.8 Å². The van der Waals surface area contributed by atoms with E-state index in [4.69, 9.17) is 39.0 Å². The Kier molecular flexibility index (Phi) is 34.9. The van der Waals surface area contributed by atoms with Gasteiger partial charge in [-0.1, -0.05) is 278 Å². The Labute approximate surface area is 689 Å². The fraction of sp³-hybridized carbons (Fsp3) is 0.111. The molecule has 16 aromatic rings. The smallest absolute Gasteiger partial charge is 0.423 e. The minimum absolute atomic E-state index is 0. The summed E-state index contributed by atoms with van der Waals surface area (Å²) in [6.45, 7) is 8.61. The molecule has 0 fully saturated rings. The van der Waals surface area contributed by atoms with Crippen LogP contribution >= 0.6 is 107 Å². The van der Waals surface area contributed by atoms with Crippen LogP contribution in [0.5, 0.6) is 0 Å². The molecule has 0 aliphatic heterocycles. The second-order valence-electron chi connectivity index (χ2n) is 23.7. The quantitative estimate of drug-likeness (QED) is 0.0384. The number of aromatic nitrogens is 6. The fourth-order valence-electron chi connectivity index (χ4n) is 11.1. The van der Waals surface area contributed by atoms with E-state index in [0.717, 1.165) is 79.5 Å². The number of anilines is 4. The van der Waals surface area contributed by atoms with Crippen LogP contribution in [0, 0.1) is 0 Å². The summed E-state index contributed by atoms with van der Waals surface area (Å²) in [5.41, 5.74) is 23.3. The molecule has 0 aliphatic carbocycles. The third-order valence-corrected chi connectivity index (χ3v) is 19.6. The van der Waals surface area contributed by atoms with E-state index >= 15 is 0 Å². The molecule has 16 rings (SSSR count). The highest BCUT2D eigenvalue weighted by Crippen LogP contribution is 2.40. The van der Waals surface area contributed by atoms with Gasteiger partial charge >= 0.3 is 7.12 Å². The Morgan fingerprint density at radius 2 is 0.757 bits per heavy atom. The maximum absolute atomic E-state index is 8.65. The zero-order valence-electron chi connectivity index (χ0n) is 59.2. The van der Waals surface area contributed by atoms with E-state index in [1.165, 1.54) is 73.4 Å². The summed E-state index contributed by atoms with van der Waals surface area (Å²) in [4.78, 5) is 19.6. The molecule has 0 saturated carbocycles. The van der Waals surface area contributed by atoms with Gasteiger partial charge in [0.05, 0.1) is 41.1 Å². The van der Waals surface area contributed by atoms with Crippen molar-refractivity contribution in [2.45, 2.75) is 56.3 Å². The Morgan fingerprint density at radius 1 is 0.421 bits per heavy atom. The number of nitrogens with zero attached hydrogens (tertiary/aromatic N) is 7. The lowest BCUT2D eigenvalue weighted by Gasteiger charge is -2.26. The van der Waals surface area contributed by atoms with Gasteiger partial charge in [0.1, 0.15) is 4.60 Å². The molecule has 17 heteroatoms. The second kappa shape index (κ2) is 44.5. The van der Waals surface area contributed by atoms with Crippen LogP contribution in [0.1, 0.15) is 54.4 Å². The molecule has 6 heterocycles. The average molecular weight is 1850 g/mol. The van der Waals surface area contributed by atoms with Gasteiger partial charge in [-0.25, -0.2) is 4.98 Å². The van der Waals surface area contributed by atoms with Crippen LogP contribution in [-0.4, -0.2) is 52.6 Å². The van der Waals surface area contributed by atoms with Crippen molar-refractivity contribution < 1.29 is 10.0 Å². The predicted octanol–water partition coefficient (Wildman–Crippen LogP) is 26.5. The predicted molar refractivity (Wildman–Crippen MR) is 489 cm³/mol. The molecular formula is C90H85BBrCl2I3N8O2. The highest BCUT2D eigenvalue weighted by atomic mass is 127. The number of halogens is 6. The monoisotopic (exact) mass is 1850 g/mol. The van der Waals surface area contributed by atoms with Crippen LogP contribution in [0.4, 0.5) is 22.7 Å². The van der Waals surface area contributed by atoms with Crippen LogP contribution in [-0.2, 0) is 0 Å². The first-order valence-corrected chi connectivity index (χ1v) is 40.2. The first-order valence-electron chi connectivity index (χ1n) is 34.7. The lowest BCUT2D eigenvalue weighted by atomic mass is 9.81. The number of fused-ring (bicyclic) bond motifs is 6. The van der Waals surface area contributed by atoms with E-state index < -0.39 is 7.12 Å². The molecule has 0 aliphatic rings. The number of hydrogen-bond donors (Lipinski definition) is 3. The number of benzene rings is 10. The number of rotatable bonds is 11. The molecule has 0 saturated heterocycles. The van der Waals surface area contributed by atoms with Gasteiger partial charge in [0, 0.05) is 107 Å². The molecule has 542 valence electrons. The van der Waals surface area contributed by atoms with Crippen molar-refractivity contribution in [2.75, 3.05) is 15.1 Å². The van der Waals surface area contributed by atoms with Crippen molar-refractivity contribution in [1.82, 2.24) is 29.1 Å². The molecule has 0 bridgehead atoms. The van der Waals surface area contributed by atoms with E-state index in [1.54, 1.807) is 30.6 Å². The van der Waals surface area contributed by atoms with Gasteiger partial charge in [-0.3, -0.25) is 15.0 Å². The first-order chi connectivity index (χ1) is 51.7. The highest BCUT2D eigenvalue weighted by Gasteiger charge is 2.18. The van der Waals surface area contributed by atoms with Gasteiger partial charge in [0.25, 0.3) is 0 Å². The molecule has 0 atom stereocenters. The normalized spacial score (nSPS) is 10.3. The van der Waals surface area contributed by atoms with Gasteiger partial charge in [0.2, 0.25) is 0 Å². The van der Waals surface area contributed by atoms with Gasteiger partial charge in [-0.15, -0.1) is 0 Å². The number of hydrogen-bond acceptors (Lipinski definition) is 8. The molecular weight excluding hydrogens is 1770 g/mol. The number of para-hydroxylation sites is 4. The number of nitrogens with two attached hydrogens (primary N) is 1. The lowest BCUT2D eigenvalue weighted by Crippen LogP contribution is -2.29. The van der Waals surface area contributed by atoms with Crippen molar-refractivity contribution in [2.24, 2.45) is 0 Å². The van der Waals surface area contributed by atoms with Gasteiger partial charge in [0.15, 0.2) is 0 Å². The molecule has 0 spiro atoms. The summed E-state index contributed by atoms with van der Waals surface area (Å²) in [6, 6.07) is 106. The van der Waals surface area contributed by atoms with E-state index in [0.29, 0.717) is 10.5 Å². The first kappa shape index (κ1) is 83.9. The molecule has 0 unspecified atom stereocenters. The molecule has 4 N–H and O–H groups in total. The number of pyridine rings is 4. The van der Waals surface area contributed by atoms with E-state index in [2.05, 4.69) is 327 Å². The summed E-state index contributed by atoms with van der Waals surface area (Å²) in [7, 11) is -1.43. The van der Waals surface area contributed by atoms with E-state index in [-0.39, 0.29) is 7.43 Å².